The molecule has 0 amide bonds. The van der Waals surface area contributed by atoms with Gasteiger partial charge in [-0.2, -0.15) is 15.0 Å². The lowest BCUT2D eigenvalue weighted by molar-refractivity contribution is 0.122. The summed E-state index contributed by atoms with van der Waals surface area (Å²) >= 11 is 0. The van der Waals surface area contributed by atoms with Crippen molar-refractivity contribution < 1.29 is 9.15 Å². The molecule has 0 spiro atoms. The van der Waals surface area contributed by atoms with E-state index in [4.69, 9.17) is 14.9 Å². The quantitative estimate of drug-likeness (QED) is 0.861. The first-order valence-corrected chi connectivity index (χ1v) is 6.86. The van der Waals surface area contributed by atoms with Crippen LogP contribution in [0.25, 0.3) is 0 Å². The molecule has 2 aromatic rings. The Morgan fingerprint density at radius 3 is 2.81 bits per heavy atom. The molecule has 8 nitrogen and oxygen atoms in total. The second-order valence-corrected chi connectivity index (χ2v) is 4.80. The highest BCUT2D eigenvalue weighted by molar-refractivity contribution is 5.43. The lowest BCUT2D eigenvalue weighted by Crippen LogP contribution is -2.37. The third-order valence-electron chi connectivity index (χ3n) is 3.25. The largest absolute Gasteiger partial charge is 0.467 e. The Bertz CT molecular complexity index is 582. The summed E-state index contributed by atoms with van der Waals surface area (Å²) in [5.41, 5.74) is 5.78. The van der Waals surface area contributed by atoms with Crippen LogP contribution in [0.2, 0.25) is 0 Å². The average molecular weight is 290 g/mol. The highest BCUT2D eigenvalue weighted by Crippen LogP contribution is 2.19. The van der Waals surface area contributed by atoms with Crippen molar-refractivity contribution in [3.8, 4) is 0 Å². The van der Waals surface area contributed by atoms with Crippen LogP contribution in [0.4, 0.5) is 17.8 Å². The summed E-state index contributed by atoms with van der Waals surface area (Å²) < 4.78 is 10.7. The summed E-state index contributed by atoms with van der Waals surface area (Å²) in [4.78, 5) is 14.8. The summed E-state index contributed by atoms with van der Waals surface area (Å²) in [6.07, 6.45) is 1.63. The maximum absolute atomic E-state index is 5.78. The Balaban J connectivity index is 1.77. The second kappa shape index (κ2) is 5.96. The number of rotatable bonds is 4. The smallest absolute Gasteiger partial charge is 0.232 e. The summed E-state index contributed by atoms with van der Waals surface area (Å²) in [7, 11) is 0. The highest BCUT2D eigenvalue weighted by atomic mass is 16.5. The van der Waals surface area contributed by atoms with Crippen LogP contribution >= 0.6 is 0 Å². The Morgan fingerprint density at radius 1 is 1.29 bits per heavy atom. The van der Waals surface area contributed by atoms with E-state index in [2.05, 4.69) is 20.3 Å². The number of aromatic nitrogens is 3. The summed E-state index contributed by atoms with van der Waals surface area (Å²) in [5.74, 6) is 2.01. The minimum atomic E-state index is -0.0562. The van der Waals surface area contributed by atoms with E-state index < -0.39 is 0 Å². The number of nitrogens with two attached hydrogens (primary N) is 1. The molecule has 1 atom stereocenters. The second-order valence-electron chi connectivity index (χ2n) is 4.80. The zero-order valence-electron chi connectivity index (χ0n) is 11.8. The zero-order valence-corrected chi connectivity index (χ0v) is 11.8. The number of anilines is 3. The van der Waals surface area contributed by atoms with Gasteiger partial charge in [-0.3, -0.25) is 0 Å². The number of hydrogen-bond acceptors (Lipinski definition) is 8. The Morgan fingerprint density at radius 2 is 2.10 bits per heavy atom. The SMILES string of the molecule is CC(Nc1nc(N)nc(N2CCOCC2)n1)c1ccco1. The van der Waals surface area contributed by atoms with E-state index in [1.165, 1.54) is 0 Å². The molecule has 3 N–H and O–H groups in total. The predicted molar refractivity (Wildman–Crippen MR) is 78.0 cm³/mol. The van der Waals surface area contributed by atoms with Gasteiger partial charge in [0, 0.05) is 13.1 Å². The molecule has 0 radical (unpaired) electrons. The highest BCUT2D eigenvalue weighted by Gasteiger charge is 2.17. The molecule has 0 aliphatic carbocycles. The summed E-state index contributed by atoms with van der Waals surface area (Å²) in [6.45, 7) is 4.79. The Hall–Kier alpha value is -2.35. The van der Waals surface area contributed by atoms with Crippen molar-refractivity contribution in [1.82, 2.24) is 15.0 Å². The van der Waals surface area contributed by atoms with Crippen molar-refractivity contribution in [2.75, 3.05) is 42.3 Å². The summed E-state index contributed by atoms with van der Waals surface area (Å²) in [5, 5.41) is 3.17. The van der Waals surface area contributed by atoms with Crippen molar-refractivity contribution in [1.29, 1.82) is 0 Å². The zero-order chi connectivity index (χ0) is 14.7. The van der Waals surface area contributed by atoms with Gasteiger partial charge in [0.2, 0.25) is 17.8 Å². The Kier molecular flexibility index (Phi) is 3.87. The van der Waals surface area contributed by atoms with E-state index in [0.717, 1.165) is 18.8 Å². The molecule has 0 bridgehead atoms. The fraction of sp³-hybridized carbons (Fsp3) is 0.462. The number of hydrogen-bond donors (Lipinski definition) is 2. The summed E-state index contributed by atoms with van der Waals surface area (Å²) in [6, 6.07) is 3.68. The van der Waals surface area contributed by atoms with Crippen molar-refractivity contribution in [2.24, 2.45) is 0 Å². The van der Waals surface area contributed by atoms with Crippen LogP contribution in [0.5, 0.6) is 0 Å². The lowest BCUT2D eigenvalue weighted by atomic mass is 10.2. The van der Waals surface area contributed by atoms with Gasteiger partial charge in [-0.15, -0.1) is 0 Å². The Labute approximate surface area is 122 Å². The van der Waals surface area contributed by atoms with E-state index in [9.17, 15) is 0 Å². The number of nitrogens with zero attached hydrogens (tertiary/aromatic N) is 4. The molecule has 1 fully saturated rings. The maximum atomic E-state index is 5.78. The third kappa shape index (κ3) is 3.22. The molecule has 8 heteroatoms. The molecular formula is C13H18N6O2. The third-order valence-corrected chi connectivity index (χ3v) is 3.25. The van der Waals surface area contributed by atoms with E-state index in [1.807, 2.05) is 24.0 Å². The molecular weight excluding hydrogens is 272 g/mol. The maximum Gasteiger partial charge on any atom is 0.232 e. The van der Waals surface area contributed by atoms with Crippen LogP contribution in [-0.4, -0.2) is 41.3 Å². The van der Waals surface area contributed by atoms with E-state index in [1.54, 1.807) is 6.26 Å². The fourth-order valence-corrected chi connectivity index (χ4v) is 2.15. The van der Waals surface area contributed by atoms with Gasteiger partial charge in [0.05, 0.1) is 25.5 Å². The predicted octanol–water partition coefficient (Wildman–Crippen LogP) is 1.06. The average Bonchev–Trinajstić information content (AvgIpc) is 3.02. The van der Waals surface area contributed by atoms with Crippen LogP contribution in [0.1, 0.15) is 18.7 Å². The van der Waals surface area contributed by atoms with Gasteiger partial charge in [0.15, 0.2) is 0 Å². The number of nitrogen functional groups attached to an aromatic ring is 1. The van der Waals surface area contributed by atoms with Crippen LogP contribution in [0.3, 0.4) is 0 Å². The van der Waals surface area contributed by atoms with Crippen LogP contribution in [0, 0.1) is 0 Å². The topological polar surface area (TPSA) is 102 Å². The molecule has 0 saturated carbocycles. The molecule has 1 unspecified atom stereocenters. The van der Waals surface area contributed by atoms with Gasteiger partial charge in [0.1, 0.15) is 5.76 Å². The van der Waals surface area contributed by atoms with Crippen LogP contribution in [0.15, 0.2) is 22.8 Å². The molecule has 0 aromatic carbocycles. The van der Waals surface area contributed by atoms with E-state index in [0.29, 0.717) is 25.1 Å². The van der Waals surface area contributed by atoms with Crippen molar-refractivity contribution >= 4 is 17.8 Å². The van der Waals surface area contributed by atoms with Gasteiger partial charge in [-0.1, -0.05) is 0 Å². The molecule has 21 heavy (non-hydrogen) atoms. The molecule has 3 rings (SSSR count). The minimum absolute atomic E-state index is 0.0562. The number of nitrogens with one attached hydrogen (secondary N) is 1. The van der Waals surface area contributed by atoms with Crippen molar-refractivity contribution in [2.45, 2.75) is 13.0 Å². The molecule has 1 aliphatic heterocycles. The van der Waals surface area contributed by atoms with Gasteiger partial charge in [0.25, 0.3) is 0 Å². The molecule has 1 saturated heterocycles. The van der Waals surface area contributed by atoms with Gasteiger partial charge < -0.3 is 25.1 Å². The van der Waals surface area contributed by atoms with E-state index >= 15 is 0 Å². The first kappa shape index (κ1) is 13.6. The number of ether oxygens (including phenoxy) is 1. The molecule has 2 aromatic heterocycles. The molecule has 112 valence electrons. The van der Waals surface area contributed by atoms with Crippen molar-refractivity contribution in [3.05, 3.63) is 24.2 Å². The standard InChI is InChI=1S/C13H18N6O2/c1-9(10-3-2-6-21-10)15-12-16-11(14)17-13(18-12)19-4-7-20-8-5-19/h2-3,6,9H,4-5,7-8H2,1H3,(H3,14,15,16,17,18). The van der Waals surface area contributed by atoms with Gasteiger partial charge in [-0.05, 0) is 19.1 Å². The van der Waals surface area contributed by atoms with Crippen LogP contribution < -0.4 is 16.0 Å². The van der Waals surface area contributed by atoms with Gasteiger partial charge in [-0.25, -0.2) is 0 Å². The normalized spacial score (nSPS) is 16.7. The molecule has 1 aliphatic rings. The lowest BCUT2D eigenvalue weighted by Gasteiger charge is -2.27. The minimum Gasteiger partial charge on any atom is -0.467 e. The van der Waals surface area contributed by atoms with Gasteiger partial charge >= 0.3 is 0 Å². The molecule has 3 heterocycles. The fourth-order valence-electron chi connectivity index (χ4n) is 2.15. The first-order valence-electron chi connectivity index (χ1n) is 6.86. The van der Waals surface area contributed by atoms with E-state index in [-0.39, 0.29) is 12.0 Å². The van der Waals surface area contributed by atoms with Crippen LogP contribution in [-0.2, 0) is 4.74 Å². The number of morpholine rings is 1. The van der Waals surface area contributed by atoms with Crippen molar-refractivity contribution in [3.63, 3.8) is 0 Å². The monoisotopic (exact) mass is 290 g/mol. The first-order chi connectivity index (χ1) is 10.2. The number of furan rings is 1.